The van der Waals surface area contributed by atoms with Gasteiger partial charge < -0.3 is 16.0 Å². The van der Waals surface area contributed by atoms with E-state index in [-0.39, 0.29) is 0 Å². The monoisotopic (exact) mass is 203 g/mol. The number of nitrogens with one attached hydrogen (secondary N) is 2. The number of pyridine rings is 1. The van der Waals surface area contributed by atoms with Crippen molar-refractivity contribution in [3.63, 3.8) is 0 Å². The number of aromatic nitrogens is 3. The molecule has 0 fully saturated rings. The minimum Gasteiger partial charge on any atom is -0.396 e. The molecule has 0 bridgehead atoms. The van der Waals surface area contributed by atoms with Crippen molar-refractivity contribution in [2.75, 3.05) is 11.1 Å². The number of hydrogen-bond acceptors (Lipinski definition) is 4. The highest BCUT2D eigenvalue weighted by Crippen LogP contribution is 2.15. The molecule has 5 heteroatoms. The van der Waals surface area contributed by atoms with Gasteiger partial charge in [0.05, 0.1) is 24.3 Å². The van der Waals surface area contributed by atoms with Crippen LogP contribution < -0.4 is 11.1 Å². The quantitative estimate of drug-likeness (QED) is 0.702. The van der Waals surface area contributed by atoms with Crippen molar-refractivity contribution in [3.8, 4) is 0 Å². The largest absolute Gasteiger partial charge is 0.396 e. The molecule has 0 unspecified atom stereocenters. The van der Waals surface area contributed by atoms with Crippen LogP contribution in [0.25, 0.3) is 0 Å². The highest BCUT2D eigenvalue weighted by molar-refractivity contribution is 5.61. The molecule has 5 nitrogen and oxygen atoms in total. The third-order valence-corrected chi connectivity index (χ3v) is 2.07. The van der Waals surface area contributed by atoms with Crippen molar-refractivity contribution in [2.45, 2.75) is 13.5 Å². The van der Waals surface area contributed by atoms with E-state index in [0.717, 1.165) is 11.4 Å². The molecular weight excluding hydrogens is 190 g/mol. The maximum atomic E-state index is 5.78. The first-order valence-corrected chi connectivity index (χ1v) is 4.70. The van der Waals surface area contributed by atoms with Crippen molar-refractivity contribution in [1.82, 2.24) is 15.0 Å². The van der Waals surface area contributed by atoms with Crippen LogP contribution in [0.3, 0.4) is 0 Å². The number of anilines is 2. The Morgan fingerprint density at radius 2 is 2.33 bits per heavy atom. The predicted octanol–water partition coefficient (Wildman–Crippen LogP) is 1.31. The van der Waals surface area contributed by atoms with Gasteiger partial charge in [0, 0.05) is 11.9 Å². The second kappa shape index (κ2) is 4.00. The maximum absolute atomic E-state index is 5.78. The zero-order valence-electron chi connectivity index (χ0n) is 8.49. The van der Waals surface area contributed by atoms with Gasteiger partial charge in [-0.2, -0.15) is 0 Å². The average molecular weight is 203 g/mol. The summed E-state index contributed by atoms with van der Waals surface area (Å²) in [7, 11) is 0. The van der Waals surface area contributed by atoms with Crippen LogP contribution in [0, 0.1) is 6.92 Å². The third kappa shape index (κ3) is 2.25. The Balaban J connectivity index is 2.07. The van der Waals surface area contributed by atoms with Crippen LogP contribution in [0.4, 0.5) is 11.5 Å². The first kappa shape index (κ1) is 9.51. The molecule has 2 aromatic heterocycles. The topological polar surface area (TPSA) is 79.6 Å². The van der Waals surface area contributed by atoms with Crippen molar-refractivity contribution < 1.29 is 0 Å². The fraction of sp³-hybridized carbons (Fsp3) is 0.200. The zero-order chi connectivity index (χ0) is 10.7. The van der Waals surface area contributed by atoms with Crippen LogP contribution in [-0.4, -0.2) is 15.0 Å². The van der Waals surface area contributed by atoms with Gasteiger partial charge in [-0.1, -0.05) is 0 Å². The van der Waals surface area contributed by atoms with E-state index in [4.69, 9.17) is 5.73 Å². The van der Waals surface area contributed by atoms with E-state index in [1.54, 1.807) is 12.5 Å². The van der Waals surface area contributed by atoms with Crippen LogP contribution in [0.5, 0.6) is 0 Å². The van der Waals surface area contributed by atoms with Gasteiger partial charge in [-0.05, 0) is 19.1 Å². The molecule has 0 atom stereocenters. The van der Waals surface area contributed by atoms with Gasteiger partial charge >= 0.3 is 0 Å². The molecule has 0 spiro atoms. The fourth-order valence-electron chi connectivity index (χ4n) is 1.27. The Bertz CT molecular complexity index is 435. The number of aryl methyl sites for hydroxylation is 1. The van der Waals surface area contributed by atoms with Crippen molar-refractivity contribution >= 4 is 11.5 Å². The molecule has 0 saturated carbocycles. The second-order valence-corrected chi connectivity index (χ2v) is 3.32. The van der Waals surface area contributed by atoms with Crippen LogP contribution in [0.2, 0.25) is 0 Å². The molecule has 0 aromatic carbocycles. The molecule has 0 amide bonds. The smallest absolute Gasteiger partial charge is 0.149 e. The summed E-state index contributed by atoms with van der Waals surface area (Å²) < 4.78 is 0. The molecule has 4 N–H and O–H groups in total. The lowest BCUT2D eigenvalue weighted by Gasteiger charge is -2.07. The Labute approximate surface area is 87.8 Å². The van der Waals surface area contributed by atoms with Crippen molar-refractivity contribution in [1.29, 1.82) is 0 Å². The molecule has 2 heterocycles. The van der Waals surface area contributed by atoms with Gasteiger partial charge in [0.2, 0.25) is 0 Å². The lowest BCUT2D eigenvalue weighted by atomic mass is 10.3. The Morgan fingerprint density at radius 3 is 3.07 bits per heavy atom. The lowest BCUT2D eigenvalue weighted by Crippen LogP contribution is -2.05. The number of imidazole rings is 1. The summed E-state index contributed by atoms with van der Waals surface area (Å²) in [6.07, 6.45) is 3.41. The van der Waals surface area contributed by atoms with Crippen LogP contribution in [-0.2, 0) is 6.54 Å². The minimum atomic E-state index is 0.640. The molecule has 0 saturated heterocycles. The first-order chi connectivity index (χ1) is 7.25. The van der Waals surface area contributed by atoms with Gasteiger partial charge in [0.25, 0.3) is 0 Å². The van der Waals surface area contributed by atoms with E-state index in [1.807, 2.05) is 19.1 Å². The van der Waals surface area contributed by atoms with Crippen LogP contribution in [0.15, 0.2) is 24.7 Å². The summed E-state index contributed by atoms with van der Waals surface area (Å²) in [6, 6.07) is 3.73. The summed E-state index contributed by atoms with van der Waals surface area (Å²) in [5.74, 6) is 0.713. The van der Waals surface area contributed by atoms with Gasteiger partial charge in [-0.3, -0.25) is 0 Å². The lowest BCUT2D eigenvalue weighted by molar-refractivity contribution is 1.04. The highest BCUT2D eigenvalue weighted by atomic mass is 15.0. The normalized spacial score (nSPS) is 10.2. The molecule has 2 aromatic rings. The number of nitrogen functional groups attached to an aromatic ring is 1. The highest BCUT2D eigenvalue weighted by Gasteiger charge is 2.01. The van der Waals surface area contributed by atoms with Crippen molar-refractivity contribution in [2.24, 2.45) is 0 Å². The average Bonchev–Trinajstić information content (AvgIpc) is 2.72. The number of hydrogen-bond donors (Lipinski definition) is 3. The number of rotatable bonds is 3. The van der Waals surface area contributed by atoms with Gasteiger partial charge in [-0.25, -0.2) is 9.97 Å². The number of aromatic amines is 1. The molecule has 0 aliphatic heterocycles. The summed E-state index contributed by atoms with van der Waals surface area (Å²) in [5.41, 5.74) is 8.37. The zero-order valence-corrected chi connectivity index (χ0v) is 8.49. The molecule has 78 valence electrons. The van der Waals surface area contributed by atoms with Crippen LogP contribution >= 0.6 is 0 Å². The molecular formula is C10H13N5. The number of nitrogens with two attached hydrogens (primary N) is 1. The van der Waals surface area contributed by atoms with E-state index in [0.29, 0.717) is 18.1 Å². The fourth-order valence-corrected chi connectivity index (χ4v) is 1.27. The number of nitrogens with zero attached hydrogens (tertiary/aromatic N) is 2. The van der Waals surface area contributed by atoms with E-state index in [2.05, 4.69) is 20.3 Å². The maximum Gasteiger partial charge on any atom is 0.149 e. The van der Waals surface area contributed by atoms with Crippen molar-refractivity contribution in [3.05, 3.63) is 36.0 Å². The summed E-state index contributed by atoms with van der Waals surface area (Å²) in [5, 5.41) is 3.15. The second-order valence-electron chi connectivity index (χ2n) is 3.32. The van der Waals surface area contributed by atoms with E-state index in [1.165, 1.54) is 0 Å². The molecule has 15 heavy (non-hydrogen) atoms. The first-order valence-electron chi connectivity index (χ1n) is 4.70. The SMILES string of the molecule is Cc1ccc(N)c(NCc2cnc[nH]2)n1. The van der Waals surface area contributed by atoms with E-state index in [9.17, 15) is 0 Å². The van der Waals surface area contributed by atoms with E-state index < -0.39 is 0 Å². The van der Waals surface area contributed by atoms with Gasteiger partial charge in [0.1, 0.15) is 5.82 Å². The Morgan fingerprint density at radius 1 is 1.47 bits per heavy atom. The standard InChI is InChI=1S/C10H13N5/c1-7-2-3-9(11)10(15-7)13-5-8-4-12-6-14-8/h2-4,6H,5,11H2,1H3,(H,12,14)(H,13,15). The number of H-pyrrole nitrogens is 1. The van der Waals surface area contributed by atoms with Crippen LogP contribution in [0.1, 0.15) is 11.4 Å². The Hall–Kier alpha value is -2.04. The van der Waals surface area contributed by atoms with Gasteiger partial charge in [-0.15, -0.1) is 0 Å². The molecule has 2 rings (SSSR count). The van der Waals surface area contributed by atoms with E-state index >= 15 is 0 Å². The summed E-state index contributed by atoms with van der Waals surface area (Å²) in [6.45, 7) is 2.57. The van der Waals surface area contributed by atoms with Gasteiger partial charge in [0.15, 0.2) is 0 Å². The predicted molar refractivity (Wildman–Crippen MR) is 59.3 cm³/mol. The Kier molecular flexibility index (Phi) is 2.53. The minimum absolute atomic E-state index is 0.640. The summed E-state index contributed by atoms with van der Waals surface area (Å²) in [4.78, 5) is 11.2. The molecule has 0 aliphatic carbocycles. The molecule has 0 aliphatic rings. The molecule has 0 radical (unpaired) electrons. The third-order valence-electron chi connectivity index (χ3n) is 2.07. The summed E-state index contributed by atoms with van der Waals surface area (Å²) >= 11 is 0.